The zero-order valence-electron chi connectivity index (χ0n) is 21.6. The van der Waals surface area contributed by atoms with Crippen molar-refractivity contribution in [1.29, 1.82) is 0 Å². The zero-order chi connectivity index (χ0) is 25.9. The van der Waals surface area contributed by atoms with Crippen LogP contribution in [-0.2, 0) is 0 Å². The summed E-state index contributed by atoms with van der Waals surface area (Å²) < 4.78 is 2.37. The van der Waals surface area contributed by atoms with Gasteiger partial charge in [0.05, 0.1) is 11.0 Å². The quantitative estimate of drug-likeness (QED) is 0.240. The smallest absolute Gasteiger partial charge is 0.0541 e. The van der Waals surface area contributed by atoms with Crippen molar-refractivity contribution in [2.45, 2.75) is 0 Å². The van der Waals surface area contributed by atoms with Crippen LogP contribution in [0.2, 0.25) is 0 Å². The average Bonchev–Trinajstić information content (AvgIpc) is 3.35. The highest BCUT2D eigenvalue weighted by Crippen LogP contribution is 2.39. The normalized spacial score (nSPS) is 11.7. The Balaban J connectivity index is 1.35. The molecule has 184 valence electrons. The predicted octanol–water partition coefficient (Wildman–Crippen LogP) is 9.95. The van der Waals surface area contributed by atoms with E-state index in [4.69, 9.17) is 0 Å². The topological polar surface area (TPSA) is 17.0 Å². The van der Waals surface area contributed by atoms with Crippen molar-refractivity contribution >= 4 is 59.8 Å². The summed E-state index contributed by atoms with van der Waals surface area (Å²) >= 11 is 0. The van der Waals surface area contributed by atoms with Gasteiger partial charge in [-0.15, -0.1) is 0 Å². The minimum Gasteiger partial charge on any atom is -0.388 e. The molecule has 7 aromatic carbocycles. The van der Waals surface area contributed by atoms with Crippen LogP contribution in [0.5, 0.6) is 0 Å². The van der Waals surface area contributed by atoms with Crippen LogP contribution in [0.3, 0.4) is 0 Å². The molecule has 1 aromatic heterocycles. The average molecular weight is 499 g/mol. The summed E-state index contributed by atoms with van der Waals surface area (Å²) in [7, 11) is 2.01. The first-order valence-corrected chi connectivity index (χ1v) is 13.5. The fraction of sp³-hybridized carbons (Fsp3) is 0.0270. The number of hydrogen-bond donors (Lipinski definition) is 1. The fourth-order valence-electron chi connectivity index (χ4n) is 6.41. The number of para-hydroxylation sites is 2. The van der Waals surface area contributed by atoms with Crippen LogP contribution in [0.1, 0.15) is 0 Å². The lowest BCUT2D eigenvalue weighted by Gasteiger charge is -2.16. The molecule has 2 heteroatoms. The summed E-state index contributed by atoms with van der Waals surface area (Å²) in [5.74, 6) is 0. The molecule has 0 saturated carbocycles. The van der Waals surface area contributed by atoms with E-state index in [2.05, 4.69) is 143 Å². The molecule has 0 saturated heterocycles. The molecule has 0 unspecified atom stereocenters. The van der Waals surface area contributed by atoms with Crippen molar-refractivity contribution < 1.29 is 0 Å². The largest absolute Gasteiger partial charge is 0.388 e. The summed E-state index contributed by atoms with van der Waals surface area (Å²) in [6.07, 6.45) is 0. The molecule has 0 fully saturated rings. The van der Waals surface area contributed by atoms with Gasteiger partial charge in [-0.05, 0) is 68.2 Å². The summed E-state index contributed by atoms with van der Waals surface area (Å²) in [6.45, 7) is 0. The Morgan fingerprint density at radius 1 is 0.436 bits per heavy atom. The van der Waals surface area contributed by atoms with E-state index < -0.39 is 0 Å². The van der Waals surface area contributed by atoms with Crippen LogP contribution in [0.15, 0.2) is 133 Å². The first-order valence-electron chi connectivity index (χ1n) is 13.5. The summed E-state index contributed by atoms with van der Waals surface area (Å²) in [5, 5.41) is 13.8. The number of anilines is 1. The van der Waals surface area contributed by atoms with Gasteiger partial charge in [0, 0.05) is 34.8 Å². The van der Waals surface area contributed by atoms with E-state index in [9.17, 15) is 0 Å². The Morgan fingerprint density at radius 3 is 1.49 bits per heavy atom. The lowest BCUT2D eigenvalue weighted by molar-refractivity contribution is 1.18. The number of hydrogen-bond acceptors (Lipinski definition) is 1. The van der Waals surface area contributed by atoms with Gasteiger partial charge >= 0.3 is 0 Å². The Morgan fingerprint density at radius 2 is 0.923 bits per heavy atom. The standard InChI is InChI=1S/C37H26N2/c1-38-35-23-25(39-36-16-8-6-14-32(36)33-15-7-9-17-37(33)39)19-21-26(35)24-18-20-31-29-12-3-2-10-27(29)28-11-4-5-13-30(28)34(31)22-24/h2-23,38H,1H3. The minimum absolute atomic E-state index is 1.11. The van der Waals surface area contributed by atoms with E-state index in [1.165, 1.54) is 65.3 Å². The number of rotatable bonds is 3. The molecule has 0 bridgehead atoms. The molecule has 0 amide bonds. The van der Waals surface area contributed by atoms with Crippen molar-refractivity contribution in [3.8, 4) is 16.8 Å². The third-order valence-corrected chi connectivity index (χ3v) is 8.17. The van der Waals surface area contributed by atoms with Gasteiger partial charge in [0.2, 0.25) is 0 Å². The first kappa shape index (κ1) is 22.0. The Bertz CT molecular complexity index is 2130. The second-order valence-electron chi connectivity index (χ2n) is 10.2. The van der Waals surface area contributed by atoms with Gasteiger partial charge in [-0.3, -0.25) is 0 Å². The second kappa shape index (κ2) is 8.47. The molecule has 0 aliphatic carbocycles. The van der Waals surface area contributed by atoms with E-state index in [1.54, 1.807) is 0 Å². The van der Waals surface area contributed by atoms with E-state index >= 15 is 0 Å². The summed E-state index contributed by atoms with van der Waals surface area (Å²) in [5.41, 5.74) is 7.11. The molecule has 1 N–H and O–H groups in total. The number of aromatic nitrogens is 1. The van der Waals surface area contributed by atoms with Gasteiger partial charge < -0.3 is 9.88 Å². The maximum Gasteiger partial charge on any atom is 0.0541 e. The van der Waals surface area contributed by atoms with Crippen LogP contribution in [0.25, 0.3) is 70.9 Å². The highest BCUT2D eigenvalue weighted by Gasteiger charge is 2.15. The van der Waals surface area contributed by atoms with Crippen molar-refractivity contribution in [3.05, 3.63) is 133 Å². The van der Waals surface area contributed by atoms with Gasteiger partial charge in [-0.1, -0.05) is 103 Å². The van der Waals surface area contributed by atoms with Crippen LogP contribution in [0, 0.1) is 0 Å². The number of nitrogens with one attached hydrogen (secondary N) is 1. The minimum atomic E-state index is 1.11. The van der Waals surface area contributed by atoms with Gasteiger partial charge in [0.1, 0.15) is 0 Å². The Hall–Kier alpha value is -5.08. The first-order chi connectivity index (χ1) is 19.3. The SMILES string of the molecule is CNc1cc(-n2c3ccccc3c3ccccc32)ccc1-c1ccc2c3ccccc3c3ccccc3c2c1. The number of benzene rings is 7. The van der Waals surface area contributed by atoms with Crippen molar-refractivity contribution in [2.24, 2.45) is 0 Å². The molecular formula is C37H26N2. The molecule has 1 heterocycles. The van der Waals surface area contributed by atoms with E-state index in [0.29, 0.717) is 0 Å². The number of fused-ring (bicyclic) bond motifs is 9. The molecule has 8 aromatic rings. The third-order valence-electron chi connectivity index (χ3n) is 8.17. The lowest BCUT2D eigenvalue weighted by atomic mass is 9.91. The number of nitrogens with zero attached hydrogens (tertiary/aromatic N) is 1. The Labute approximate surface area is 226 Å². The molecule has 0 aliphatic rings. The van der Waals surface area contributed by atoms with Crippen LogP contribution >= 0.6 is 0 Å². The van der Waals surface area contributed by atoms with Gasteiger partial charge in [-0.25, -0.2) is 0 Å². The van der Waals surface area contributed by atoms with Gasteiger partial charge in [0.25, 0.3) is 0 Å². The molecule has 0 spiro atoms. The monoisotopic (exact) mass is 498 g/mol. The van der Waals surface area contributed by atoms with Crippen molar-refractivity contribution in [2.75, 3.05) is 12.4 Å². The maximum absolute atomic E-state index is 3.49. The zero-order valence-corrected chi connectivity index (χ0v) is 21.6. The third kappa shape index (κ3) is 3.22. The van der Waals surface area contributed by atoms with Crippen LogP contribution in [-0.4, -0.2) is 11.6 Å². The predicted molar refractivity (Wildman–Crippen MR) is 168 cm³/mol. The van der Waals surface area contributed by atoms with Crippen molar-refractivity contribution in [1.82, 2.24) is 4.57 Å². The molecular weight excluding hydrogens is 472 g/mol. The molecule has 8 rings (SSSR count). The molecule has 0 atom stereocenters. The molecule has 39 heavy (non-hydrogen) atoms. The van der Waals surface area contributed by atoms with Gasteiger partial charge in [0.15, 0.2) is 0 Å². The highest BCUT2D eigenvalue weighted by atomic mass is 15.0. The summed E-state index contributed by atoms with van der Waals surface area (Å²) in [6, 6.07) is 48.5. The molecule has 0 radical (unpaired) electrons. The van der Waals surface area contributed by atoms with E-state index in [0.717, 1.165) is 11.4 Å². The van der Waals surface area contributed by atoms with Crippen LogP contribution in [0.4, 0.5) is 5.69 Å². The lowest BCUT2D eigenvalue weighted by Crippen LogP contribution is -1.98. The second-order valence-corrected chi connectivity index (χ2v) is 10.2. The van der Waals surface area contributed by atoms with Crippen LogP contribution < -0.4 is 5.32 Å². The Kier molecular flexibility index (Phi) is 4.77. The highest BCUT2D eigenvalue weighted by molar-refractivity contribution is 6.25. The van der Waals surface area contributed by atoms with Crippen molar-refractivity contribution in [3.63, 3.8) is 0 Å². The summed E-state index contributed by atoms with van der Waals surface area (Å²) in [4.78, 5) is 0. The maximum atomic E-state index is 3.49. The van der Waals surface area contributed by atoms with E-state index in [1.807, 2.05) is 7.05 Å². The van der Waals surface area contributed by atoms with E-state index in [-0.39, 0.29) is 0 Å². The molecule has 2 nitrogen and oxygen atoms in total. The molecule has 0 aliphatic heterocycles. The van der Waals surface area contributed by atoms with Gasteiger partial charge in [-0.2, -0.15) is 0 Å². The fourth-order valence-corrected chi connectivity index (χ4v) is 6.41.